The summed E-state index contributed by atoms with van der Waals surface area (Å²) in [6.45, 7) is 2.09. The largest absolute Gasteiger partial charge is 0.480 e. The lowest BCUT2D eigenvalue weighted by Crippen LogP contribution is -2.32. The van der Waals surface area contributed by atoms with Crippen LogP contribution in [0.15, 0.2) is 48.5 Å². The van der Waals surface area contributed by atoms with E-state index >= 15 is 0 Å². The fraction of sp³-hybridized carbons (Fsp3) is 0.333. The Hall–Kier alpha value is -2.66. The number of hydrogen-bond donors (Lipinski definition) is 2. The van der Waals surface area contributed by atoms with Crippen LogP contribution >= 0.6 is 0 Å². The first-order valence-corrected chi connectivity index (χ1v) is 8.79. The zero-order chi connectivity index (χ0) is 18.7. The van der Waals surface area contributed by atoms with Crippen LogP contribution in [0.5, 0.6) is 0 Å². The Morgan fingerprint density at radius 1 is 1.08 bits per heavy atom. The molecule has 0 aromatic heterocycles. The molecular formula is C21H23NO4. The van der Waals surface area contributed by atoms with Crippen LogP contribution < -0.4 is 5.73 Å². The molecule has 0 radical (unpaired) electrons. The molecule has 0 saturated heterocycles. The normalized spacial score (nSPS) is 15.0. The molecule has 0 spiro atoms. The fourth-order valence-corrected chi connectivity index (χ4v) is 3.58. The molecule has 26 heavy (non-hydrogen) atoms. The zero-order valence-corrected chi connectivity index (χ0v) is 14.7. The number of aliphatic carboxylic acids is 1. The maximum absolute atomic E-state index is 12.2. The third-order valence-corrected chi connectivity index (χ3v) is 4.86. The Morgan fingerprint density at radius 2 is 1.62 bits per heavy atom. The van der Waals surface area contributed by atoms with Crippen molar-refractivity contribution in [2.45, 2.75) is 31.7 Å². The number of hydrogen-bond acceptors (Lipinski definition) is 4. The number of nitrogens with two attached hydrogens (primary N) is 1. The lowest BCUT2D eigenvalue weighted by atomic mass is 9.97. The van der Waals surface area contributed by atoms with Crippen molar-refractivity contribution >= 4 is 11.9 Å². The molecule has 0 aliphatic heterocycles. The van der Waals surface area contributed by atoms with Gasteiger partial charge in [0.2, 0.25) is 0 Å². The smallest absolute Gasteiger partial charge is 0.320 e. The minimum atomic E-state index is -1.05. The number of carboxylic acid groups (broad SMARTS) is 1. The summed E-state index contributed by atoms with van der Waals surface area (Å²) in [6.07, 6.45) is 0.413. The van der Waals surface area contributed by atoms with Gasteiger partial charge in [-0.2, -0.15) is 0 Å². The van der Waals surface area contributed by atoms with Crippen molar-refractivity contribution in [1.29, 1.82) is 0 Å². The highest BCUT2D eigenvalue weighted by Crippen LogP contribution is 2.44. The van der Waals surface area contributed by atoms with Gasteiger partial charge in [0.25, 0.3) is 0 Å². The van der Waals surface area contributed by atoms with E-state index < -0.39 is 12.0 Å². The number of fused-ring (bicyclic) bond motifs is 3. The summed E-state index contributed by atoms with van der Waals surface area (Å²) in [5, 5.41) is 8.86. The van der Waals surface area contributed by atoms with E-state index in [1.54, 1.807) is 0 Å². The maximum atomic E-state index is 12.2. The van der Waals surface area contributed by atoms with Crippen molar-refractivity contribution in [3.63, 3.8) is 0 Å². The lowest BCUT2D eigenvalue weighted by molar-refractivity contribution is -0.146. The highest BCUT2D eigenvalue weighted by Gasteiger charge is 2.29. The molecule has 2 aromatic carbocycles. The maximum Gasteiger partial charge on any atom is 0.320 e. The van der Waals surface area contributed by atoms with E-state index in [0.29, 0.717) is 0 Å². The van der Waals surface area contributed by atoms with Crippen molar-refractivity contribution in [1.82, 2.24) is 0 Å². The van der Waals surface area contributed by atoms with E-state index in [4.69, 9.17) is 15.6 Å². The third kappa shape index (κ3) is 3.78. The van der Waals surface area contributed by atoms with Gasteiger partial charge in [0.05, 0.1) is 0 Å². The van der Waals surface area contributed by atoms with E-state index in [0.717, 1.165) is 0 Å². The summed E-state index contributed by atoms with van der Waals surface area (Å²) in [6, 6.07) is 15.4. The Balaban J connectivity index is 1.63. The second-order valence-electron chi connectivity index (χ2n) is 6.90. The molecule has 5 heteroatoms. The second-order valence-corrected chi connectivity index (χ2v) is 6.90. The second kappa shape index (κ2) is 7.70. The van der Waals surface area contributed by atoms with E-state index in [-0.39, 0.29) is 37.3 Å². The van der Waals surface area contributed by atoms with E-state index in [2.05, 4.69) is 24.3 Å². The first kappa shape index (κ1) is 18.1. The van der Waals surface area contributed by atoms with Crippen LogP contribution in [0.2, 0.25) is 0 Å². The number of esters is 1. The quantitative estimate of drug-likeness (QED) is 0.746. The summed E-state index contributed by atoms with van der Waals surface area (Å²) in [5.41, 5.74) is 10.2. The number of ether oxygens (including phenoxy) is 1. The van der Waals surface area contributed by atoms with E-state index in [1.165, 1.54) is 22.3 Å². The van der Waals surface area contributed by atoms with Crippen LogP contribution in [0.25, 0.3) is 11.1 Å². The molecule has 0 bridgehead atoms. The Labute approximate surface area is 152 Å². The van der Waals surface area contributed by atoms with Gasteiger partial charge in [-0.25, -0.2) is 0 Å². The molecule has 0 heterocycles. The van der Waals surface area contributed by atoms with Crippen LogP contribution in [0, 0.1) is 5.92 Å². The first-order valence-electron chi connectivity index (χ1n) is 8.79. The molecule has 5 nitrogen and oxygen atoms in total. The molecular weight excluding hydrogens is 330 g/mol. The van der Waals surface area contributed by atoms with Crippen molar-refractivity contribution in [3.8, 4) is 11.1 Å². The molecule has 136 valence electrons. The number of rotatable bonds is 7. The minimum absolute atomic E-state index is 0.0305. The number of carboxylic acids is 1. The van der Waals surface area contributed by atoms with Gasteiger partial charge in [-0.3, -0.25) is 9.59 Å². The van der Waals surface area contributed by atoms with Crippen molar-refractivity contribution in [2.24, 2.45) is 11.7 Å². The summed E-state index contributed by atoms with van der Waals surface area (Å²) in [5.74, 6) is -1.49. The number of benzene rings is 2. The molecule has 1 unspecified atom stereocenters. The van der Waals surface area contributed by atoms with Crippen LogP contribution in [-0.2, 0) is 14.3 Å². The van der Waals surface area contributed by atoms with E-state index in [1.807, 2.05) is 31.2 Å². The summed E-state index contributed by atoms with van der Waals surface area (Å²) >= 11 is 0. The average molecular weight is 353 g/mol. The zero-order valence-electron chi connectivity index (χ0n) is 14.7. The minimum Gasteiger partial charge on any atom is -0.480 e. The van der Waals surface area contributed by atoms with Gasteiger partial charge in [0, 0.05) is 12.3 Å². The van der Waals surface area contributed by atoms with Crippen LogP contribution in [0.4, 0.5) is 0 Å². The first-order chi connectivity index (χ1) is 12.5. The van der Waals surface area contributed by atoms with Gasteiger partial charge >= 0.3 is 11.9 Å². The predicted octanol–water partition coefficient (Wildman–Crippen LogP) is 3.17. The molecule has 3 rings (SSSR count). The Kier molecular flexibility index (Phi) is 5.38. The molecule has 1 aliphatic rings. The summed E-state index contributed by atoms with van der Waals surface area (Å²) < 4.78 is 5.53. The monoisotopic (exact) mass is 353 g/mol. The van der Waals surface area contributed by atoms with Gasteiger partial charge in [0.1, 0.15) is 12.6 Å². The van der Waals surface area contributed by atoms with Crippen LogP contribution in [-0.4, -0.2) is 29.7 Å². The average Bonchev–Trinajstić information content (AvgIpc) is 2.93. The molecule has 1 aliphatic carbocycles. The Bertz CT molecular complexity index is 772. The third-order valence-electron chi connectivity index (χ3n) is 4.86. The van der Waals surface area contributed by atoms with Crippen molar-refractivity contribution < 1.29 is 19.4 Å². The highest BCUT2D eigenvalue weighted by atomic mass is 16.5. The molecule has 2 aromatic rings. The van der Waals surface area contributed by atoms with Gasteiger partial charge in [0.15, 0.2) is 0 Å². The van der Waals surface area contributed by atoms with Crippen molar-refractivity contribution in [2.75, 3.05) is 6.61 Å². The van der Waals surface area contributed by atoms with Gasteiger partial charge in [-0.05, 0) is 34.6 Å². The van der Waals surface area contributed by atoms with Gasteiger partial charge in [-0.15, -0.1) is 0 Å². The van der Waals surface area contributed by atoms with E-state index in [9.17, 15) is 9.59 Å². The summed E-state index contributed by atoms with van der Waals surface area (Å²) in [7, 11) is 0. The lowest BCUT2D eigenvalue weighted by Gasteiger charge is -2.16. The van der Waals surface area contributed by atoms with Gasteiger partial charge in [-0.1, -0.05) is 55.5 Å². The highest BCUT2D eigenvalue weighted by molar-refractivity contribution is 5.79. The molecule has 0 saturated carbocycles. The number of carbonyl (C=O) groups is 2. The molecule has 2 atom stereocenters. The summed E-state index contributed by atoms with van der Waals surface area (Å²) in [4.78, 5) is 23.0. The van der Waals surface area contributed by atoms with Crippen LogP contribution in [0.1, 0.15) is 36.8 Å². The topological polar surface area (TPSA) is 89.6 Å². The van der Waals surface area contributed by atoms with Crippen LogP contribution in [0.3, 0.4) is 0 Å². The fourth-order valence-electron chi connectivity index (χ4n) is 3.58. The predicted molar refractivity (Wildman–Crippen MR) is 98.7 cm³/mol. The molecule has 0 amide bonds. The molecule has 0 fully saturated rings. The van der Waals surface area contributed by atoms with Crippen molar-refractivity contribution in [3.05, 3.63) is 59.7 Å². The van der Waals surface area contributed by atoms with Gasteiger partial charge < -0.3 is 15.6 Å². The Morgan fingerprint density at radius 3 is 2.15 bits per heavy atom. The SMILES string of the molecule is CC(CC(=O)OCC1c2ccccc2-c2ccccc21)C[C@@H](N)C(=O)O. The standard InChI is InChI=1S/C21H23NO4/c1-13(10-19(22)21(24)25)11-20(23)26-12-18-16-8-4-2-6-14(16)15-7-3-5-9-17(15)18/h2-9,13,18-19H,10-12,22H2,1H3,(H,24,25)/t13?,19-/m1/s1. The molecule has 3 N–H and O–H groups in total. The number of carbonyl (C=O) groups excluding carboxylic acids is 1.